The molecule has 0 spiro atoms. The van der Waals surface area contributed by atoms with Gasteiger partial charge in [0.2, 0.25) is 0 Å². The van der Waals surface area contributed by atoms with Gasteiger partial charge in [0.1, 0.15) is 12.0 Å². The standard InChI is InChI=1S/C23H39NO2/c1-15(2)8-6-10-17(4)24-14-19-18-12-20-16(3)9-7-11-23(20,5)13-21(18)26-22(19)25/h15,17-21,24H,3,6-14H2,1-2,4-5H3/p+1/t17-,18+,19+,20-,21+,23+/m0/s1. The van der Waals surface area contributed by atoms with Gasteiger partial charge in [-0.25, -0.2) is 0 Å². The molecular weight excluding hydrogens is 322 g/mol. The molecule has 3 aliphatic rings. The zero-order valence-corrected chi connectivity index (χ0v) is 17.4. The number of carbonyl (C=O) groups excluding carboxylic acids is 1. The van der Waals surface area contributed by atoms with Gasteiger partial charge in [0.05, 0.1) is 12.6 Å². The molecule has 0 amide bonds. The highest BCUT2D eigenvalue weighted by Crippen LogP contribution is 2.56. The van der Waals surface area contributed by atoms with E-state index in [9.17, 15) is 4.79 Å². The van der Waals surface area contributed by atoms with E-state index in [0.717, 1.165) is 25.3 Å². The first-order chi connectivity index (χ1) is 12.3. The van der Waals surface area contributed by atoms with Crippen molar-refractivity contribution >= 4 is 5.97 Å². The summed E-state index contributed by atoms with van der Waals surface area (Å²) in [4.78, 5) is 12.6. The highest BCUT2D eigenvalue weighted by molar-refractivity contribution is 5.75. The molecule has 1 aliphatic heterocycles. The maximum Gasteiger partial charge on any atom is 0.315 e. The molecule has 148 valence electrons. The van der Waals surface area contributed by atoms with Gasteiger partial charge in [-0.3, -0.25) is 4.79 Å². The first-order valence-corrected chi connectivity index (χ1v) is 11.0. The van der Waals surface area contributed by atoms with Crippen LogP contribution in [0.5, 0.6) is 0 Å². The largest absolute Gasteiger partial charge is 0.462 e. The number of hydrogen-bond acceptors (Lipinski definition) is 2. The molecule has 2 aliphatic carbocycles. The third-order valence-corrected chi connectivity index (χ3v) is 7.55. The third kappa shape index (κ3) is 4.18. The normalized spacial score (nSPS) is 38.0. The number of quaternary nitrogens is 1. The number of hydrogen-bond donors (Lipinski definition) is 1. The molecule has 1 saturated heterocycles. The lowest BCUT2D eigenvalue weighted by Crippen LogP contribution is -2.90. The molecule has 0 bridgehead atoms. The summed E-state index contributed by atoms with van der Waals surface area (Å²) in [7, 11) is 0. The van der Waals surface area contributed by atoms with Crippen molar-refractivity contribution in [2.45, 2.75) is 91.2 Å². The van der Waals surface area contributed by atoms with Crippen LogP contribution in [0.25, 0.3) is 0 Å². The molecule has 0 aromatic carbocycles. The molecule has 3 heteroatoms. The number of esters is 1. The van der Waals surface area contributed by atoms with E-state index < -0.39 is 0 Å². The average molecular weight is 363 g/mol. The van der Waals surface area contributed by atoms with Crippen LogP contribution >= 0.6 is 0 Å². The van der Waals surface area contributed by atoms with Gasteiger partial charge in [-0.15, -0.1) is 0 Å². The third-order valence-electron chi connectivity index (χ3n) is 7.55. The van der Waals surface area contributed by atoms with E-state index in [1.165, 1.54) is 44.1 Å². The average Bonchev–Trinajstić information content (AvgIpc) is 2.84. The molecule has 1 heterocycles. The number of carbonyl (C=O) groups is 1. The van der Waals surface area contributed by atoms with E-state index >= 15 is 0 Å². The van der Waals surface area contributed by atoms with Gasteiger partial charge in [-0.1, -0.05) is 39.3 Å². The van der Waals surface area contributed by atoms with Gasteiger partial charge < -0.3 is 10.1 Å². The summed E-state index contributed by atoms with van der Waals surface area (Å²) in [5.74, 6) is 1.95. The monoisotopic (exact) mass is 362 g/mol. The number of rotatable bonds is 7. The molecule has 6 atom stereocenters. The summed E-state index contributed by atoms with van der Waals surface area (Å²) in [5, 5.41) is 2.40. The molecule has 3 rings (SSSR count). The second-order valence-electron chi connectivity index (χ2n) is 10.2. The Hall–Kier alpha value is -0.830. The Morgan fingerprint density at radius 2 is 2.08 bits per heavy atom. The predicted molar refractivity (Wildman–Crippen MR) is 106 cm³/mol. The fourth-order valence-corrected chi connectivity index (χ4v) is 5.87. The fourth-order valence-electron chi connectivity index (χ4n) is 5.87. The van der Waals surface area contributed by atoms with Gasteiger partial charge in [-0.05, 0) is 69.1 Å². The minimum atomic E-state index is 0.0680. The Balaban J connectivity index is 1.56. The molecule has 3 fully saturated rings. The van der Waals surface area contributed by atoms with Crippen LogP contribution in [0.4, 0.5) is 0 Å². The molecule has 3 nitrogen and oxygen atoms in total. The maximum absolute atomic E-state index is 12.6. The van der Waals surface area contributed by atoms with Gasteiger partial charge >= 0.3 is 5.97 Å². The summed E-state index contributed by atoms with van der Waals surface area (Å²) in [6.07, 6.45) is 9.85. The summed E-state index contributed by atoms with van der Waals surface area (Å²) in [5.41, 5.74) is 1.74. The Kier molecular flexibility index (Phi) is 6.16. The van der Waals surface area contributed by atoms with E-state index in [-0.39, 0.29) is 18.0 Å². The smallest absolute Gasteiger partial charge is 0.315 e. The minimum absolute atomic E-state index is 0.0680. The SMILES string of the molecule is C=C1CCC[C@]2(C)C[C@H]3OC(=O)[C@H](C[NH2+][C@@H](C)CCCC(C)C)[C@H]3C[C@@H]12. The lowest BCUT2D eigenvalue weighted by atomic mass is 9.55. The van der Waals surface area contributed by atoms with Gasteiger partial charge in [-0.2, -0.15) is 0 Å². The molecule has 0 radical (unpaired) electrons. The van der Waals surface area contributed by atoms with Crippen LogP contribution in [0, 0.1) is 29.1 Å². The molecule has 2 N–H and O–H groups in total. The van der Waals surface area contributed by atoms with Crippen LogP contribution in [0.2, 0.25) is 0 Å². The maximum atomic E-state index is 12.6. The van der Waals surface area contributed by atoms with E-state index in [0.29, 0.717) is 23.3 Å². The summed E-state index contributed by atoms with van der Waals surface area (Å²) < 4.78 is 5.88. The highest BCUT2D eigenvalue weighted by Gasteiger charge is 2.55. The number of ether oxygens (including phenoxy) is 1. The molecule has 0 unspecified atom stereocenters. The van der Waals surface area contributed by atoms with Crippen molar-refractivity contribution in [3.63, 3.8) is 0 Å². The first-order valence-electron chi connectivity index (χ1n) is 11.0. The van der Waals surface area contributed by atoms with E-state index in [1.54, 1.807) is 0 Å². The van der Waals surface area contributed by atoms with Crippen LogP contribution < -0.4 is 5.32 Å². The van der Waals surface area contributed by atoms with E-state index in [4.69, 9.17) is 4.74 Å². The molecule has 26 heavy (non-hydrogen) atoms. The summed E-state index contributed by atoms with van der Waals surface area (Å²) >= 11 is 0. The number of allylic oxidation sites excluding steroid dienone is 1. The topological polar surface area (TPSA) is 42.9 Å². The van der Waals surface area contributed by atoms with Crippen molar-refractivity contribution in [3.05, 3.63) is 12.2 Å². The van der Waals surface area contributed by atoms with Crippen LogP contribution in [0.1, 0.15) is 79.1 Å². The van der Waals surface area contributed by atoms with Crippen LogP contribution in [-0.2, 0) is 9.53 Å². The van der Waals surface area contributed by atoms with Crippen molar-refractivity contribution in [2.24, 2.45) is 29.1 Å². The number of nitrogens with two attached hydrogens (primary N) is 1. The van der Waals surface area contributed by atoms with Crippen molar-refractivity contribution < 1.29 is 14.8 Å². The highest BCUT2D eigenvalue weighted by atomic mass is 16.6. The molecule has 0 aromatic rings. The summed E-state index contributed by atoms with van der Waals surface area (Å²) in [6, 6.07) is 0.596. The zero-order chi connectivity index (χ0) is 18.9. The summed E-state index contributed by atoms with van der Waals surface area (Å²) in [6.45, 7) is 14.6. The Morgan fingerprint density at radius 1 is 1.31 bits per heavy atom. The predicted octanol–water partition coefficient (Wildman–Crippen LogP) is 4.08. The van der Waals surface area contributed by atoms with Crippen LogP contribution in [0.15, 0.2) is 12.2 Å². The molecular formula is C23H40NO2+. The Morgan fingerprint density at radius 3 is 2.81 bits per heavy atom. The van der Waals surface area contributed by atoms with Gasteiger partial charge in [0, 0.05) is 5.92 Å². The first kappa shape index (κ1) is 19.9. The Labute approximate surface area is 160 Å². The second kappa shape index (κ2) is 8.04. The van der Waals surface area contributed by atoms with E-state index in [2.05, 4.69) is 39.6 Å². The quantitative estimate of drug-likeness (QED) is 0.548. The molecule has 2 saturated carbocycles. The van der Waals surface area contributed by atoms with Crippen LogP contribution in [0.3, 0.4) is 0 Å². The lowest BCUT2D eigenvalue weighted by molar-refractivity contribution is -0.690. The zero-order valence-electron chi connectivity index (χ0n) is 17.4. The van der Waals surface area contributed by atoms with Crippen molar-refractivity contribution in [2.75, 3.05) is 6.54 Å². The lowest BCUT2D eigenvalue weighted by Gasteiger charge is -2.49. The van der Waals surface area contributed by atoms with Crippen molar-refractivity contribution in [3.8, 4) is 0 Å². The van der Waals surface area contributed by atoms with Gasteiger partial charge in [0.15, 0.2) is 0 Å². The Bertz CT molecular complexity index is 528. The van der Waals surface area contributed by atoms with Crippen LogP contribution in [-0.4, -0.2) is 24.7 Å². The van der Waals surface area contributed by atoms with Gasteiger partial charge in [0.25, 0.3) is 0 Å². The number of fused-ring (bicyclic) bond motifs is 2. The minimum Gasteiger partial charge on any atom is -0.462 e. The van der Waals surface area contributed by atoms with Crippen molar-refractivity contribution in [1.29, 1.82) is 0 Å². The molecule has 0 aromatic heterocycles. The fraction of sp³-hybridized carbons (Fsp3) is 0.870. The van der Waals surface area contributed by atoms with Crippen molar-refractivity contribution in [1.82, 2.24) is 0 Å². The van der Waals surface area contributed by atoms with E-state index in [1.807, 2.05) is 0 Å². The second-order valence-corrected chi connectivity index (χ2v) is 10.2.